The molecule has 0 amide bonds. The fourth-order valence-corrected chi connectivity index (χ4v) is 2.44. The summed E-state index contributed by atoms with van der Waals surface area (Å²) in [6.07, 6.45) is 0.429. The fourth-order valence-electron chi connectivity index (χ4n) is 2.44. The van der Waals surface area contributed by atoms with E-state index in [-0.39, 0.29) is 11.3 Å². The molecule has 0 aliphatic rings. The van der Waals surface area contributed by atoms with Gasteiger partial charge in [0.1, 0.15) is 0 Å². The molecule has 2 aromatic carbocycles. The van der Waals surface area contributed by atoms with E-state index in [0.29, 0.717) is 22.9 Å². The van der Waals surface area contributed by atoms with Gasteiger partial charge in [0, 0.05) is 16.0 Å². The van der Waals surface area contributed by atoms with Crippen molar-refractivity contribution in [2.45, 2.75) is 0 Å². The zero-order valence-electron chi connectivity index (χ0n) is 11.4. The highest BCUT2D eigenvalue weighted by Crippen LogP contribution is 2.28. The van der Waals surface area contributed by atoms with Crippen LogP contribution in [0.2, 0.25) is 0 Å². The SMILES string of the molecule is [N-]=[N+]=Nc1c(C=O)c(=O)n(-c2ccccc2)c2ccccc12. The number of rotatable bonds is 3. The van der Waals surface area contributed by atoms with Crippen LogP contribution in [-0.4, -0.2) is 10.9 Å². The quantitative estimate of drug-likeness (QED) is 0.318. The second-order valence-electron chi connectivity index (χ2n) is 4.56. The third kappa shape index (κ3) is 2.04. The van der Waals surface area contributed by atoms with Gasteiger partial charge < -0.3 is 0 Å². The minimum absolute atomic E-state index is 0.0604. The summed E-state index contributed by atoms with van der Waals surface area (Å²) in [5, 5.41) is 4.08. The van der Waals surface area contributed by atoms with Crippen LogP contribution in [0.3, 0.4) is 0 Å². The minimum atomic E-state index is -0.512. The molecule has 0 spiro atoms. The molecule has 6 heteroatoms. The van der Waals surface area contributed by atoms with Crippen LogP contribution in [0.1, 0.15) is 10.4 Å². The molecule has 0 N–H and O–H groups in total. The van der Waals surface area contributed by atoms with Crippen molar-refractivity contribution < 1.29 is 4.79 Å². The van der Waals surface area contributed by atoms with Crippen LogP contribution in [0.4, 0.5) is 5.69 Å². The third-order valence-electron chi connectivity index (χ3n) is 3.37. The van der Waals surface area contributed by atoms with E-state index in [1.807, 2.05) is 6.07 Å². The van der Waals surface area contributed by atoms with Crippen molar-refractivity contribution in [3.63, 3.8) is 0 Å². The van der Waals surface area contributed by atoms with Crippen LogP contribution in [0.25, 0.3) is 27.0 Å². The summed E-state index contributed by atoms with van der Waals surface area (Å²) in [5.41, 5.74) is 9.32. The number of para-hydroxylation sites is 2. The lowest BCUT2D eigenvalue weighted by Gasteiger charge is -2.13. The number of azide groups is 1. The molecule has 1 heterocycles. The Morgan fingerprint density at radius 3 is 2.41 bits per heavy atom. The smallest absolute Gasteiger partial charge is 0.266 e. The maximum atomic E-state index is 12.7. The van der Waals surface area contributed by atoms with Crippen molar-refractivity contribution in [2.75, 3.05) is 0 Å². The molecule has 106 valence electrons. The molecule has 0 atom stereocenters. The van der Waals surface area contributed by atoms with Crippen LogP contribution < -0.4 is 5.56 Å². The lowest BCUT2D eigenvalue weighted by Crippen LogP contribution is -2.22. The van der Waals surface area contributed by atoms with Gasteiger partial charge in [-0.3, -0.25) is 14.2 Å². The fraction of sp³-hybridized carbons (Fsp3) is 0. The van der Waals surface area contributed by atoms with Gasteiger partial charge in [0.2, 0.25) is 0 Å². The van der Waals surface area contributed by atoms with Crippen LogP contribution in [0.15, 0.2) is 64.5 Å². The predicted molar refractivity (Wildman–Crippen MR) is 83.7 cm³/mol. The van der Waals surface area contributed by atoms with Crippen LogP contribution in [-0.2, 0) is 0 Å². The summed E-state index contributed by atoms with van der Waals surface area (Å²) in [6.45, 7) is 0. The largest absolute Gasteiger partial charge is 0.298 e. The topological polar surface area (TPSA) is 87.8 Å². The number of aromatic nitrogens is 1. The second-order valence-corrected chi connectivity index (χ2v) is 4.56. The highest BCUT2D eigenvalue weighted by Gasteiger charge is 2.16. The molecule has 3 aromatic rings. The maximum absolute atomic E-state index is 12.7. The average Bonchev–Trinajstić information content (AvgIpc) is 2.56. The monoisotopic (exact) mass is 290 g/mol. The van der Waals surface area contributed by atoms with Gasteiger partial charge in [-0.1, -0.05) is 41.5 Å². The molecular formula is C16H10N4O2. The first kappa shape index (κ1) is 13.6. The van der Waals surface area contributed by atoms with Gasteiger partial charge >= 0.3 is 0 Å². The zero-order valence-corrected chi connectivity index (χ0v) is 11.4. The molecule has 0 aliphatic carbocycles. The molecule has 6 nitrogen and oxygen atoms in total. The van der Waals surface area contributed by atoms with E-state index in [4.69, 9.17) is 5.53 Å². The molecule has 0 unspecified atom stereocenters. The number of benzene rings is 2. The molecular weight excluding hydrogens is 280 g/mol. The third-order valence-corrected chi connectivity index (χ3v) is 3.37. The molecule has 0 fully saturated rings. The van der Waals surface area contributed by atoms with Crippen LogP contribution in [0, 0.1) is 0 Å². The van der Waals surface area contributed by atoms with E-state index in [1.165, 1.54) is 4.57 Å². The Balaban J connectivity index is 2.57. The molecule has 0 radical (unpaired) electrons. The number of hydrogen-bond donors (Lipinski definition) is 0. The first-order chi connectivity index (χ1) is 10.8. The van der Waals surface area contributed by atoms with Crippen LogP contribution in [0.5, 0.6) is 0 Å². The van der Waals surface area contributed by atoms with E-state index in [1.54, 1.807) is 48.5 Å². The molecule has 1 aromatic heterocycles. The van der Waals surface area contributed by atoms with E-state index in [0.717, 1.165) is 0 Å². The number of pyridine rings is 1. The van der Waals surface area contributed by atoms with Crippen LogP contribution >= 0.6 is 0 Å². The Labute approximate surface area is 124 Å². The predicted octanol–water partition coefficient (Wildman–Crippen LogP) is 3.75. The summed E-state index contributed by atoms with van der Waals surface area (Å²) in [6, 6.07) is 16.0. The van der Waals surface area contributed by atoms with Gasteiger partial charge in [-0.25, -0.2) is 0 Å². The molecule has 0 aliphatic heterocycles. The van der Waals surface area contributed by atoms with Crippen molar-refractivity contribution in [3.8, 4) is 5.69 Å². The lowest BCUT2D eigenvalue weighted by molar-refractivity contribution is 0.112. The van der Waals surface area contributed by atoms with Gasteiger partial charge in [-0.15, -0.1) is 0 Å². The van der Waals surface area contributed by atoms with E-state index >= 15 is 0 Å². The van der Waals surface area contributed by atoms with Gasteiger partial charge in [0.25, 0.3) is 5.56 Å². The molecule has 0 bridgehead atoms. The Morgan fingerprint density at radius 2 is 1.73 bits per heavy atom. The molecule has 0 saturated heterocycles. The summed E-state index contributed by atoms with van der Waals surface area (Å²) in [4.78, 5) is 26.7. The van der Waals surface area contributed by atoms with Crippen molar-refractivity contribution in [2.24, 2.45) is 5.11 Å². The summed E-state index contributed by atoms with van der Waals surface area (Å²) in [5.74, 6) is 0. The van der Waals surface area contributed by atoms with Gasteiger partial charge in [0.15, 0.2) is 6.29 Å². The van der Waals surface area contributed by atoms with Crippen molar-refractivity contribution >= 4 is 22.9 Å². The van der Waals surface area contributed by atoms with Gasteiger partial charge in [0.05, 0.1) is 16.8 Å². The normalized spacial score (nSPS) is 10.2. The van der Waals surface area contributed by atoms with Crippen molar-refractivity contribution in [3.05, 3.63) is 81.0 Å². The van der Waals surface area contributed by atoms with Gasteiger partial charge in [-0.2, -0.15) is 0 Å². The van der Waals surface area contributed by atoms with E-state index in [2.05, 4.69) is 10.0 Å². The first-order valence-electron chi connectivity index (χ1n) is 6.51. The Hall–Kier alpha value is -3.37. The number of hydrogen-bond acceptors (Lipinski definition) is 3. The van der Waals surface area contributed by atoms with Crippen molar-refractivity contribution in [1.82, 2.24) is 4.57 Å². The highest BCUT2D eigenvalue weighted by atomic mass is 16.1. The van der Waals surface area contributed by atoms with E-state index in [9.17, 15) is 9.59 Å². The maximum Gasteiger partial charge on any atom is 0.266 e. The second kappa shape index (κ2) is 5.55. The summed E-state index contributed by atoms with van der Waals surface area (Å²) < 4.78 is 1.44. The minimum Gasteiger partial charge on any atom is -0.298 e. The summed E-state index contributed by atoms with van der Waals surface area (Å²) >= 11 is 0. The number of nitrogens with zero attached hydrogens (tertiary/aromatic N) is 4. The molecule has 22 heavy (non-hydrogen) atoms. The van der Waals surface area contributed by atoms with E-state index < -0.39 is 5.56 Å². The Bertz CT molecular complexity index is 971. The molecule has 0 saturated carbocycles. The lowest BCUT2D eigenvalue weighted by atomic mass is 10.1. The number of aldehydes is 1. The number of carbonyl (C=O) groups is 1. The Morgan fingerprint density at radius 1 is 1.05 bits per heavy atom. The first-order valence-corrected chi connectivity index (χ1v) is 6.51. The standard InChI is InChI=1S/C16H10N4O2/c17-19-18-15-12-8-4-5-9-14(12)20(16(22)13(15)10-21)11-6-2-1-3-7-11/h1-10H. The van der Waals surface area contributed by atoms with Gasteiger partial charge in [-0.05, 0) is 23.7 Å². The number of fused-ring (bicyclic) bond motifs is 1. The average molecular weight is 290 g/mol. The number of carbonyl (C=O) groups excluding carboxylic acids is 1. The van der Waals surface area contributed by atoms with Crippen molar-refractivity contribution in [1.29, 1.82) is 0 Å². The Kier molecular flexibility index (Phi) is 3.43. The zero-order chi connectivity index (χ0) is 15.5. The highest BCUT2D eigenvalue weighted by molar-refractivity contribution is 5.99. The molecule has 3 rings (SSSR count). The summed E-state index contributed by atoms with van der Waals surface area (Å²) in [7, 11) is 0.